The number of nitrogens with one attached hydrogen (secondary N) is 3. The summed E-state index contributed by atoms with van der Waals surface area (Å²) in [5, 5.41) is 6.29. The van der Waals surface area contributed by atoms with Crippen molar-refractivity contribution in [3.63, 3.8) is 0 Å². The smallest absolute Gasteiger partial charge is 0.427 e. The van der Waals surface area contributed by atoms with E-state index in [1.54, 1.807) is 31.2 Å². The Hall–Kier alpha value is -4.65. The first-order chi connectivity index (χ1) is 27.1. The quantitative estimate of drug-likeness (QED) is 0.303. The number of hydrogen-bond donors (Lipinski definition) is 3. The van der Waals surface area contributed by atoms with Gasteiger partial charge in [-0.25, -0.2) is 18.2 Å². The molecular weight excluding hydrogens is 788 g/mol. The van der Waals surface area contributed by atoms with Gasteiger partial charge in [-0.1, -0.05) is 30.4 Å². The molecule has 3 fully saturated rings. The Kier molecular flexibility index (Phi) is 11.7. The van der Waals surface area contributed by atoms with Crippen LogP contribution in [0.1, 0.15) is 80.1 Å². The summed E-state index contributed by atoms with van der Waals surface area (Å²) >= 11 is 0. The van der Waals surface area contributed by atoms with Gasteiger partial charge >= 0.3 is 12.3 Å². The number of alkyl halides is 3. The molecule has 0 radical (unpaired) electrons. The first-order valence-electron chi connectivity index (χ1n) is 19.4. The van der Waals surface area contributed by atoms with Gasteiger partial charge in [0.15, 0.2) is 0 Å². The van der Waals surface area contributed by atoms with Crippen molar-refractivity contribution < 1.29 is 59.7 Å². The van der Waals surface area contributed by atoms with Crippen LogP contribution in [0.3, 0.4) is 0 Å². The molecule has 15 nitrogen and oxygen atoms in total. The molecule has 19 heteroatoms. The molecule has 4 amide bonds. The maximum absolute atomic E-state index is 14.7. The van der Waals surface area contributed by atoms with Gasteiger partial charge in [0, 0.05) is 23.1 Å². The largest absolute Gasteiger partial charge is 0.492 e. The summed E-state index contributed by atoms with van der Waals surface area (Å²) < 4.78 is 91.5. The van der Waals surface area contributed by atoms with Crippen molar-refractivity contribution in [3.05, 3.63) is 42.6 Å². The number of aromatic nitrogens is 1. The van der Waals surface area contributed by atoms with Crippen molar-refractivity contribution in [3.8, 4) is 11.6 Å². The van der Waals surface area contributed by atoms with Crippen LogP contribution in [0.15, 0.2) is 42.6 Å². The molecule has 4 aliphatic rings. The maximum Gasteiger partial charge on any atom is 0.427 e. The van der Waals surface area contributed by atoms with Crippen molar-refractivity contribution in [1.82, 2.24) is 25.2 Å². The maximum atomic E-state index is 14.7. The first-order valence-corrected chi connectivity index (χ1v) is 20.8. The van der Waals surface area contributed by atoms with Gasteiger partial charge in [-0.2, -0.15) is 13.2 Å². The van der Waals surface area contributed by atoms with Crippen LogP contribution in [0.25, 0.3) is 10.8 Å². The Morgan fingerprint density at radius 2 is 1.81 bits per heavy atom. The molecule has 0 bridgehead atoms. The SMILES string of the molecule is CCOc1cnc(O[C@@H]2C[C@H]3C(=O)N[C@]4(C(=O)NS(=O)(=O)C5(C)CC5)C[C@H]4/C=C\CC[C@@H](C)O[C@@H](C)[C@H](NC(=O)OC(C)(C)C(F)(F)F)C(=O)N3C2)c2ccccc12. The molecule has 3 N–H and O–H groups in total. The highest BCUT2D eigenvalue weighted by molar-refractivity contribution is 7.91. The van der Waals surface area contributed by atoms with Crippen LogP contribution in [0.5, 0.6) is 11.6 Å². The van der Waals surface area contributed by atoms with E-state index in [0.717, 1.165) is 4.90 Å². The van der Waals surface area contributed by atoms with E-state index in [4.69, 9.17) is 18.9 Å². The zero-order chi connectivity index (χ0) is 42.4. The number of ether oxygens (including phenoxy) is 4. The summed E-state index contributed by atoms with van der Waals surface area (Å²) in [6.45, 7) is 7.97. The Morgan fingerprint density at radius 3 is 2.47 bits per heavy atom. The average Bonchev–Trinajstić information content (AvgIpc) is 4.02. The Balaban J connectivity index is 1.36. The number of nitrogens with zero attached hydrogens (tertiary/aromatic N) is 2. The molecule has 1 aromatic heterocycles. The molecular formula is C39H50F3N5O10S. The monoisotopic (exact) mass is 837 g/mol. The van der Waals surface area contributed by atoms with Crippen LogP contribution in [-0.4, -0.2) is 108 Å². The van der Waals surface area contributed by atoms with E-state index in [0.29, 0.717) is 62.7 Å². The number of benzene rings is 1. The van der Waals surface area contributed by atoms with Gasteiger partial charge < -0.3 is 34.5 Å². The second-order valence-corrected chi connectivity index (χ2v) is 18.4. The van der Waals surface area contributed by atoms with Crippen LogP contribution in [-0.2, 0) is 33.9 Å². The van der Waals surface area contributed by atoms with Crippen molar-refractivity contribution in [2.75, 3.05) is 13.2 Å². The van der Waals surface area contributed by atoms with Gasteiger partial charge in [-0.05, 0) is 79.7 Å². The molecule has 318 valence electrons. The van der Waals surface area contributed by atoms with Gasteiger partial charge in [0.05, 0.1) is 36.3 Å². The van der Waals surface area contributed by atoms with E-state index in [2.05, 4.69) is 20.3 Å². The summed E-state index contributed by atoms with van der Waals surface area (Å²) in [5.41, 5.74) is -4.60. The molecule has 3 heterocycles. The lowest BCUT2D eigenvalue weighted by molar-refractivity contribution is -0.244. The molecule has 7 atom stereocenters. The lowest BCUT2D eigenvalue weighted by Gasteiger charge is -2.34. The molecule has 58 heavy (non-hydrogen) atoms. The molecule has 1 aromatic carbocycles. The minimum absolute atomic E-state index is 0.0735. The summed E-state index contributed by atoms with van der Waals surface area (Å²) in [5.74, 6) is -2.55. The molecule has 2 saturated carbocycles. The fourth-order valence-corrected chi connectivity index (χ4v) is 8.53. The van der Waals surface area contributed by atoms with Crippen molar-refractivity contribution in [2.45, 2.75) is 133 Å². The highest BCUT2D eigenvalue weighted by atomic mass is 32.2. The number of pyridine rings is 1. The van der Waals surface area contributed by atoms with Gasteiger partial charge in [0.2, 0.25) is 33.3 Å². The number of sulfonamides is 1. The fourth-order valence-electron chi connectivity index (χ4n) is 7.21. The second-order valence-electron chi connectivity index (χ2n) is 16.2. The minimum atomic E-state index is -4.94. The first kappa shape index (κ1) is 42.9. The third-order valence-corrected chi connectivity index (χ3v) is 13.5. The number of rotatable bonds is 9. The third-order valence-electron chi connectivity index (χ3n) is 11.3. The Morgan fingerprint density at radius 1 is 1.12 bits per heavy atom. The molecule has 2 aliphatic heterocycles. The van der Waals surface area contributed by atoms with Gasteiger partial charge in [0.25, 0.3) is 5.91 Å². The zero-order valence-corrected chi connectivity index (χ0v) is 34.0. The molecule has 2 aromatic rings. The van der Waals surface area contributed by atoms with Crippen LogP contribution in [0.2, 0.25) is 0 Å². The average molecular weight is 838 g/mol. The summed E-state index contributed by atoms with van der Waals surface area (Å²) in [6, 6.07) is 4.13. The molecule has 2 aliphatic carbocycles. The molecule has 1 saturated heterocycles. The predicted molar refractivity (Wildman–Crippen MR) is 203 cm³/mol. The molecule has 0 spiro atoms. The number of carbonyl (C=O) groups excluding carboxylic acids is 4. The van der Waals surface area contributed by atoms with E-state index in [1.165, 1.54) is 20.0 Å². The van der Waals surface area contributed by atoms with Gasteiger partial charge in [0.1, 0.15) is 29.5 Å². The second kappa shape index (κ2) is 15.8. The highest BCUT2D eigenvalue weighted by Crippen LogP contribution is 2.47. The Bertz CT molecular complexity index is 2080. The van der Waals surface area contributed by atoms with Crippen molar-refractivity contribution >= 4 is 44.6 Å². The summed E-state index contributed by atoms with van der Waals surface area (Å²) in [6.07, 6.45) is -2.61. The summed E-state index contributed by atoms with van der Waals surface area (Å²) in [4.78, 5) is 61.7. The number of halogens is 3. The van der Waals surface area contributed by atoms with E-state index >= 15 is 0 Å². The molecule has 0 unspecified atom stereocenters. The highest BCUT2D eigenvalue weighted by Gasteiger charge is 2.63. The van der Waals surface area contributed by atoms with Crippen molar-refractivity contribution in [1.29, 1.82) is 0 Å². The molecule has 6 rings (SSSR count). The van der Waals surface area contributed by atoms with E-state index in [9.17, 15) is 40.8 Å². The fraction of sp³-hybridized carbons (Fsp3) is 0.615. The number of amides is 4. The standard InChI is InChI=1S/C39H50F3N5O10S/c1-7-54-29-20-43-32(27-15-11-10-14-26(27)29)56-25-18-28-31(48)45-38(34(50)46-58(52,53)37(6)16-17-37)19-24(38)13-9-8-12-22(2)55-23(3)30(33(49)47(28)21-25)44-35(51)57-36(4,5)39(40,41)42/h9-11,13-15,20,22-25,28,30H,7-8,12,16-19,21H2,1-6H3,(H,44,51)(H,45,48)(H,46,50)/b13-9-/t22-,23+,24-,25-,28+,30+,38-/m1/s1. The topological polar surface area (TPSA) is 192 Å². The number of allylic oxidation sites excluding steroid dienone is 1. The van der Waals surface area contributed by atoms with Crippen LogP contribution >= 0.6 is 0 Å². The van der Waals surface area contributed by atoms with Crippen LogP contribution in [0.4, 0.5) is 18.0 Å². The van der Waals surface area contributed by atoms with E-state index < -0.39 is 92.2 Å². The normalized spacial score (nSPS) is 29.4. The minimum Gasteiger partial charge on any atom is -0.492 e. The predicted octanol–water partition coefficient (Wildman–Crippen LogP) is 4.43. The Labute approximate surface area is 334 Å². The van der Waals surface area contributed by atoms with Crippen LogP contribution in [0, 0.1) is 5.92 Å². The number of hydrogen-bond acceptors (Lipinski definition) is 11. The number of fused-ring (bicyclic) bond motifs is 3. The zero-order valence-electron chi connectivity index (χ0n) is 33.2. The number of carbonyl (C=O) groups is 4. The third kappa shape index (κ3) is 8.70. The number of alkyl carbamates (subject to hydrolysis) is 1. The lowest BCUT2D eigenvalue weighted by atomic mass is 10.1. The van der Waals surface area contributed by atoms with E-state index in [1.807, 2.05) is 19.1 Å². The van der Waals surface area contributed by atoms with Gasteiger partial charge in [-0.15, -0.1) is 0 Å². The van der Waals surface area contributed by atoms with E-state index in [-0.39, 0.29) is 25.3 Å². The van der Waals surface area contributed by atoms with Crippen molar-refractivity contribution in [2.24, 2.45) is 5.92 Å². The summed E-state index contributed by atoms with van der Waals surface area (Å²) in [7, 11) is -4.09. The lowest BCUT2D eigenvalue weighted by Crippen LogP contribution is -2.60. The van der Waals surface area contributed by atoms with Gasteiger partial charge in [-0.3, -0.25) is 19.1 Å². The van der Waals surface area contributed by atoms with Crippen LogP contribution < -0.4 is 24.8 Å².